The number of carbonyl (C=O) groups is 1. The summed E-state index contributed by atoms with van der Waals surface area (Å²) in [6, 6.07) is 16.3. The number of carboxylic acid groups (broad SMARTS) is 1. The summed E-state index contributed by atoms with van der Waals surface area (Å²) in [5.41, 5.74) is 4.87. The van der Waals surface area contributed by atoms with Crippen molar-refractivity contribution >= 4 is 52.1 Å². The summed E-state index contributed by atoms with van der Waals surface area (Å²) < 4.78 is 0. The van der Waals surface area contributed by atoms with E-state index in [9.17, 15) is 9.90 Å². The predicted molar refractivity (Wildman–Crippen MR) is 130 cm³/mol. The molecule has 0 unspecified atom stereocenters. The number of nitrogens with zero attached hydrogens (tertiary/aromatic N) is 1. The molecule has 0 atom stereocenters. The van der Waals surface area contributed by atoms with Crippen LogP contribution >= 0.6 is 46.1 Å². The van der Waals surface area contributed by atoms with Gasteiger partial charge in [-0.3, -0.25) is 0 Å². The zero-order chi connectivity index (χ0) is 22.1. The maximum atomic E-state index is 12.1. The largest absolute Gasteiger partial charge is 0.478 e. The highest BCUT2D eigenvalue weighted by Gasteiger charge is 2.17. The summed E-state index contributed by atoms with van der Waals surface area (Å²) in [5.74, 6) is -1.02. The van der Waals surface area contributed by atoms with Crippen LogP contribution in [0.2, 0.25) is 15.1 Å². The molecule has 0 saturated heterocycles. The van der Waals surface area contributed by atoms with E-state index < -0.39 is 5.97 Å². The van der Waals surface area contributed by atoms with E-state index in [1.165, 1.54) is 11.3 Å². The number of aromatic carboxylic acids is 1. The van der Waals surface area contributed by atoms with Crippen LogP contribution in [0, 0.1) is 0 Å². The summed E-state index contributed by atoms with van der Waals surface area (Å²) >= 11 is 19.9. The standard InChI is InChI=1S/C24H16Cl3NO2S/c1-2-13-3-7-19(25)17(9-13)16-6-4-15(10-18(16)24(29)30)23-28-22(12-31-23)14-5-8-20(26)21(27)11-14/h3-12H,2H2,1H3,(H,29,30). The first kappa shape index (κ1) is 21.8. The van der Waals surface area contributed by atoms with E-state index in [2.05, 4.69) is 4.98 Å². The minimum Gasteiger partial charge on any atom is -0.478 e. The van der Waals surface area contributed by atoms with Gasteiger partial charge >= 0.3 is 5.97 Å². The van der Waals surface area contributed by atoms with Crippen molar-refractivity contribution in [3.63, 3.8) is 0 Å². The molecule has 0 spiro atoms. The van der Waals surface area contributed by atoms with Crippen molar-refractivity contribution in [3.8, 4) is 33.0 Å². The van der Waals surface area contributed by atoms with E-state index in [0.717, 1.165) is 28.8 Å². The van der Waals surface area contributed by atoms with Crippen molar-refractivity contribution in [2.45, 2.75) is 13.3 Å². The fourth-order valence-electron chi connectivity index (χ4n) is 3.28. The Labute approximate surface area is 198 Å². The second kappa shape index (κ2) is 9.01. The van der Waals surface area contributed by atoms with Gasteiger partial charge < -0.3 is 5.11 Å². The van der Waals surface area contributed by atoms with Crippen molar-refractivity contribution < 1.29 is 9.90 Å². The minimum atomic E-state index is -1.02. The fourth-order valence-corrected chi connectivity index (χ4v) is 4.63. The van der Waals surface area contributed by atoms with E-state index in [1.54, 1.807) is 30.3 Å². The average Bonchev–Trinajstić information content (AvgIpc) is 3.26. The molecule has 0 bridgehead atoms. The van der Waals surface area contributed by atoms with Crippen LogP contribution in [-0.4, -0.2) is 16.1 Å². The molecule has 0 amide bonds. The van der Waals surface area contributed by atoms with Crippen LogP contribution in [0.25, 0.3) is 33.0 Å². The first-order chi connectivity index (χ1) is 14.9. The van der Waals surface area contributed by atoms with E-state index in [0.29, 0.717) is 31.2 Å². The minimum absolute atomic E-state index is 0.180. The van der Waals surface area contributed by atoms with E-state index in [4.69, 9.17) is 34.8 Å². The van der Waals surface area contributed by atoms with Crippen LogP contribution in [0.15, 0.2) is 60.0 Å². The SMILES string of the molecule is CCc1ccc(Cl)c(-c2ccc(-c3nc(-c4ccc(Cl)c(Cl)c4)cs3)cc2C(=O)O)c1. The molecule has 0 fully saturated rings. The van der Waals surface area contributed by atoms with Crippen molar-refractivity contribution in [2.24, 2.45) is 0 Å². The normalized spacial score (nSPS) is 11.0. The van der Waals surface area contributed by atoms with Gasteiger partial charge in [0.05, 0.1) is 21.3 Å². The van der Waals surface area contributed by atoms with Gasteiger partial charge in [-0.1, -0.05) is 66.0 Å². The third-order valence-electron chi connectivity index (χ3n) is 4.95. The number of aryl methyl sites for hydroxylation is 1. The third kappa shape index (κ3) is 4.48. The molecule has 0 aliphatic carbocycles. The lowest BCUT2D eigenvalue weighted by Crippen LogP contribution is -2.01. The second-order valence-corrected chi connectivity index (χ2v) is 8.98. The Morgan fingerprint density at radius 1 is 0.903 bits per heavy atom. The topological polar surface area (TPSA) is 50.2 Å². The average molecular weight is 489 g/mol. The summed E-state index contributed by atoms with van der Waals surface area (Å²) in [4.78, 5) is 16.7. The smallest absolute Gasteiger partial charge is 0.336 e. The summed E-state index contributed by atoms with van der Waals surface area (Å²) in [7, 11) is 0. The van der Waals surface area contributed by atoms with Crippen LogP contribution < -0.4 is 0 Å². The number of rotatable bonds is 5. The van der Waals surface area contributed by atoms with E-state index in [1.807, 2.05) is 36.6 Å². The highest BCUT2D eigenvalue weighted by atomic mass is 35.5. The molecule has 3 aromatic carbocycles. The number of aromatic nitrogens is 1. The van der Waals surface area contributed by atoms with Gasteiger partial charge in [-0.15, -0.1) is 11.3 Å². The first-order valence-electron chi connectivity index (χ1n) is 9.45. The Morgan fingerprint density at radius 2 is 1.65 bits per heavy atom. The number of halogens is 3. The second-order valence-electron chi connectivity index (χ2n) is 6.90. The summed E-state index contributed by atoms with van der Waals surface area (Å²) in [5, 5.41) is 13.9. The zero-order valence-corrected chi connectivity index (χ0v) is 19.4. The molecule has 4 aromatic rings. The lowest BCUT2D eigenvalue weighted by atomic mass is 9.95. The Hall–Kier alpha value is -2.37. The van der Waals surface area contributed by atoms with Gasteiger partial charge in [-0.2, -0.15) is 0 Å². The number of thiazole rings is 1. The monoisotopic (exact) mass is 487 g/mol. The van der Waals surface area contributed by atoms with Crippen LogP contribution in [0.1, 0.15) is 22.8 Å². The summed E-state index contributed by atoms with van der Waals surface area (Å²) in [6.07, 6.45) is 0.835. The Kier molecular flexibility index (Phi) is 6.35. The van der Waals surface area contributed by atoms with Gasteiger partial charge in [0.2, 0.25) is 0 Å². The lowest BCUT2D eigenvalue weighted by molar-refractivity contribution is 0.0698. The highest BCUT2D eigenvalue weighted by Crippen LogP contribution is 2.36. The molecule has 0 aliphatic rings. The fraction of sp³-hybridized carbons (Fsp3) is 0.0833. The molecule has 156 valence electrons. The number of benzene rings is 3. The molecule has 4 rings (SSSR count). The molecule has 3 nitrogen and oxygen atoms in total. The van der Waals surface area contributed by atoms with E-state index in [-0.39, 0.29) is 5.56 Å². The molecule has 7 heteroatoms. The lowest BCUT2D eigenvalue weighted by Gasteiger charge is -2.11. The molecule has 0 aliphatic heterocycles. The molecule has 0 radical (unpaired) electrons. The number of hydrogen-bond donors (Lipinski definition) is 1. The summed E-state index contributed by atoms with van der Waals surface area (Å²) in [6.45, 7) is 2.04. The maximum absolute atomic E-state index is 12.1. The molecule has 0 saturated carbocycles. The Morgan fingerprint density at radius 3 is 2.35 bits per heavy atom. The Balaban J connectivity index is 1.76. The van der Waals surface area contributed by atoms with Crippen LogP contribution in [0.5, 0.6) is 0 Å². The molecule has 31 heavy (non-hydrogen) atoms. The van der Waals surface area contributed by atoms with Crippen molar-refractivity contribution in [2.75, 3.05) is 0 Å². The molecule has 1 heterocycles. The first-order valence-corrected chi connectivity index (χ1v) is 11.5. The molecule has 1 aromatic heterocycles. The molecule has 1 N–H and O–H groups in total. The maximum Gasteiger partial charge on any atom is 0.336 e. The van der Waals surface area contributed by atoms with Crippen molar-refractivity contribution in [3.05, 3.63) is 86.2 Å². The van der Waals surface area contributed by atoms with Crippen LogP contribution in [0.4, 0.5) is 0 Å². The third-order valence-corrected chi connectivity index (χ3v) is 6.91. The molecular weight excluding hydrogens is 473 g/mol. The van der Waals surface area contributed by atoms with E-state index >= 15 is 0 Å². The number of hydrogen-bond acceptors (Lipinski definition) is 3. The van der Waals surface area contributed by atoms with Gasteiger partial charge in [-0.05, 0) is 47.9 Å². The van der Waals surface area contributed by atoms with Crippen molar-refractivity contribution in [1.82, 2.24) is 4.98 Å². The van der Waals surface area contributed by atoms with Gasteiger partial charge in [0.15, 0.2) is 0 Å². The predicted octanol–water partition coefficient (Wildman–Crippen LogP) is 8.36. The Bertz CT molecular complexity index is 1300. The van der Waals surface area contributed by atoms with Gasteiger partial charge in [0.25, 0.3) is 0 Å². The quantitative estimate of drug-likeness (QED) is 0.307. The van der Waals surface area contributed by atoms with Gasteiger partial charge in [0, 0.05) is 27.1 Å². The van der Waals surface area contributed by atoms with Crippen molar-refractivity contribution in [1.29, 1.82) is 0 Å². The van der Waals surface area contributed by atoms with Crippen LogP contribution in [-0.2, 0) is 6.42 Å². The molecular formula is C24H16Cl3NO2S. The highest BCUT2D eigenvalue weighted by molar-refractivity contribution is 7.13. The van der Waals surface area contributed by atoms with Gasteiger partial charge in [0.1, 0.15) is 5.01 Å². The van der Waals surface area contributed by atoms with Crippen LogP contribution in [0.3, 0.4) is 0 Å². The van der Waals surface area contributed by atoms with Gasteiger partial charge in [-0.25, -0.2) is 9.78 Å². The zero-order valence-electron chi connectivity index (χ0n) is 16.3. The number of carboxylic acids is 1.